The molecule has 18 heavy (non-hydrogen) atoms. The molecule has 108 valence electrons. The Balaban J connectivity index is 2.17. The number of nitrogens with two attached hydrogens (primary N) is 1. The fraction of sp³-hybridized carbons (Fsp3) is 1.00. The maximum Gasteiger partial charge on any atom is 0.0624 e. The maximum absolute atomic E-state index is 9.22. The van der Waals surface area contributed by atoms with Gasteiger partial charge in [0.2, 0.25) is 0 Å². The highest BCUT2D eigenvalue weighted by molar-refractivity contribution is 4.81. The van der Waals surface area contributed by atoms with E-state index in [1.54, 1.807) is 0 Å². The maximum atomic E-state index is 9.22. The van der Waals surface area contributed by atoms with Crippen LogP contribution in [-0.4, -0.2) is 42.2 Å². The van der Waals surface area contributed by atoms with E-state index in [4.69, 9.17) is 15.2 Å². The molecule has 1 heterocycles. The van der Waals surface area contributed by atoms with E-state index in [9.17, 15) is 5.11 Å². The summed E-state index contributed by atoms with van der Waals surface area (Å²) in [5.41, 5.74) is 5.60. The zero-order chi connectivity index (χ0) is 13.6. The third kappa shape index (κ3) is 5.22. The fourth-order valence-corrected chi connectivity index (χ4v) is 2.52. The molecule has 0 radical (unpaired) electrons. The highest BCUT2D eigenvalue weighted by atomic mass is 16.5. The van der Waals surface area contributed by atoms with Crippen molar-refractivity contribution in [2.75, 3.05) is 13.2 Å². The SMILES string of the molecule is CCC(N)(CO)CCCOC1CC(C)OC(C)C1. The lowest BCUT2D eigenvalue weighted by Crippen LogP contribution is -2.43. The van der Waals surface area contributed by atoms with E-state index in [1.807, 2.05) is 6.92 Å². The largest absolute Gasteiger partial charge is 0.394 e. The van der Waals surface area contributed by atoms with Crippen LogP contribution in [-0.2, 0) is 9.47 Å². The van der Waals surface area contributed by atoms with Gasteiger partial charge in [0.05, 0.1) is 24.9 Å². The van der Waals surface area contributed by atoms with E-state index in [1.165, 1.54) is 0 Å². The number of aliphatic hydroxyl groups excluding tert-OH is 1. The molecule has 1 aliphatic rings. The van der Waals surface area contributed by atoms with Gasteiger partial charge in [0.15, 0.2) is 0 Å². The summed E-state index contributed by atoms with van der Waals surface area (Å²) in [5, 5.41) is 9.22. The summed E-state index contributed by atoms with van der Waals surface area (Å²) in [7, 11) is 0. The lowest BCUT2D eigenvalue weighted by Gasteiger charge is -2.32. The summed E-state index contributed by atoms with van der Waals surface area (Å²) < 4.78 is 11.6. The molecule has 4 nitrogen and oxygen atoms in total. The molecule has 0 aromatic rings. The number of hydrogen-bond acceptors (Lipinski definition) is 4. The first kappa shape index (κ1) is 15.9. The van der Waals surface area contributed by atoms with Crippen molar-refractivity contribution in [3.63, 3.8) is 0 Å². The Labute approximate surface area is 111 Å². The first-order chi connectivity index (χ1) is 8.49. The standard InChI is InChI=1S/C14H29NO3/c1-4-14(15,10-16)6-5-7-17-13-8-11(2)18-12(3)9-13/h11-13,16H,4-10,15H2,1-3H3. The molecule has 1 aliphatic heterocycles. The molecule has 3 unspecified atom stereocenters. The average molecular weight is 259 g/mol. The van der Waals surface area contributed by atoms with Crippen molar-refractivity contribution >= 4 is 0 Å². The van der Waals surface area contributed by atoms with Crippen molar-refractivity contribution in [1.29, 1.82) is 0 Å². The van der Waals surface area contributed by atoms with Gasteiger partial charge in [0.25, 0.3) is 0 Å². The molecule has 0 saturated carbocycles. The second-order valence-corrected chi connectivity index (χ2v) is 5.70. The number of hydrogen-bond donors (Lipinski definition) is 2. The minimum absolute atomic E-state index is 0.0504. The Hall–Kier alpha value is -0.160. The highest BCUT2D eigenvalue weighted by Crippen LogP contribution is 2.22. The zero-order valence-electron chi connectivity index (χ0n) is 12.0. The van der Waals surface area contributed by atoms with Crippen LogP contribution in [0.1, 0.15) is 52.9 Å². The Kier molecular flexibility index (Phi) is 6.57. The predicted molar refractivity (Wildman–Crippen MR) is 72.5 cm³/mol. The van der Waals surface area contributed by atoms with Crippen molar-refractivity contribution in [2.24, 2.45) is 5.73 Å². The van der Waals surface area contributed by atoms with Gasteiger partial charge in [-0.05, 0) is 46.0 Å². The van der Waals surface area contributed by atoms with E-state index in [0.717, 1.165) is 38.7 Å². The van der Waals surface area contributed by atoms with Gasteiger partial charge in [-0.1, -0.05) is 6.92 Å². The summed E-state index contributed by atoms with van der Waals surface area (Å²) >= 11 is 0. The first-order valence-electron chi connectivity index (χ1n) is 7.16. The third-order valence-electron chi connectivity index (χ3n) is 3.85. The lowest BCUT2D eigenvalue weighted by atomic mass is 9.93. The van der Waals surface area contributed by atoms with Crippen LogP contribution in [0.15, 0.2) is 0 Å². The molecule has 1 fully saturated rings. The predicted octanol–water partition coefficient (Wildman–Crippen LogP) is 1.84. The van der Waals surface area contributed by atoms with Crippen LogP contribution in [0.4, 0.5) is 0 Å². The van der Waals surface area contributed by atoms with Crippen LogP contribution in [0.2, 0.25) is 0 Å². The molecule has 1 rings (SSSR count). The molecule has 0 aliphatic carbocycles. The van der Waals surface area contributed by atoms with Crippen LogP contribution >= 0.6 is 0 Å². The molecule has 0 aromatic carbocycles. The second kappa shape index (κ2) is 7.43. The monoisotopic (exact) mass is 259 g/mol. The molecule has 0 bridgehead atoms. The summed E-state index contributed by atoms with van der Waals surface area (Å²) in [6.07, 6.45) is 5.37. The Morgan fingerprint density at radius 1 is 1.33 bits per heavy atom. The van der Waals surface area contributed by atoms with Crippen LogP contribution in [0, 0.1) is 0 Å². The van der Waals surface area contributed by atoms with E-state index in [-0.39, 0.29) is 6.61 Å². The molecule has 3 atom stereocenters. The van der Waals surface area contributed by atoms with Gasteiger partial charge >= 0.3 is 0 Å². The molecule has 1 saturated heterocycles. The lowest BCUT2D eigenvalue weighted by molar-refractivity contribution is -0.102. The summed E-state index contributed by atoms with van der Waals surface area (Å²) in [5.74, 6) is 0. The van der Waals surface area contributed by atoms with Crippen LogP contribution in [0.5, 0.6) is 0 Å². The van der Waals surface area contributed by atoms with E-state index in [0.29, 0.717) is 18.3 Å². The third-order valence-corrected chi connectivity index (χ3v) is 3.85. The minimum atomic E-state index is -0.431. The first-order valence-corrected chi connectivity index (χ1v) is 7.16. The topological polar surface area (TPSA) is 64.7 Å². The van der Waals surface area contributed by atoms with Crippen LogP contribution in [0.25, 0.3) is 0 Å². The zero-order valence-corrected chi connectivity index (χ0v) is 12.0. The van der Waals surface area contributed by atoms with E-state index in [2.05, 4.69) is 13.8 Å². The quantitative estimate of drug-likeness (QED) is 0.685. The normalized spacial score (nSPS) is 32.2. The van der Waals surface area contributed by atoms with Crippen molar-refractivity contribution in [3.8, 4) is 0 Å². The molecule has 0 amide bonds. The van der Waals surface area contributed by atoms with Crippen molar-refractivity contribution < 1.29 is 14.6 Å². The van der Waals surface area contributed by atoms with Gasteiger partial charge in [-0.25, -0.2) is 0 Å². The minimum Gasteiger partial charge on any atom is -0.394 e. The number of ether oxygens (including phenoxy) is 2. The smallest absolute Gasteiger partial charge is 0.0624 e. The molecule has 4 heteroatoms. The molecular weight excluding hydrogens is 230 g/mol. The fourth-order valence-electron chi connectivity index (χ4n) is 2.52. The van der Waals surface area contributed by atoms with Crippen LogP contribution < -0.4 is 5.73 Å². The molecule has 3 N–H and O–H groups in total. The summed E-state index contributed by atoms with van der Waals surface area (Å²) in [6, 6.07) is 0. The Morgan fingerprint density at radius 3 is 2.44 bits per heavy atom. The summed E-state index contributed by atoms with van der Waals surface area (Å²) in [6.45, 7) is 6.98. The van der Waals surface area contributed by atoms with E-state index >= 15 is 0 Å². The van der Waals surface area contributed by atoms with Gasteiger partial charge in [-0.15, -0.1) is 0 Å². The van der Waals surface area contributed by atoms with Gasteiger partial charge < -0.3 is 20.3 Å². The number of aliphatic hydroxyl groups is 1. The highest BCUT2D eigenvalue weighted by Gasteiger charge is 2.25. The van der Waals surface area contributed by atoms with Gasteiger partial charge in [0, 0.05) is 12.1 Å². The molecule has 0 aromatic heterocycles. The number of rotatable bonds is 7. The van der Waals surface area contributed by atoms with Crippen LogP contribution in [0.3, 0.4) is 0 Å². The molecule has 0 spiro atoms. The average Bonchev–Trinajstić information content (AvgIpc) is 2.33. The van der Waals surface area contributed by atoms with E-state index < -0.39 is 5.54 Å². The second-order valence-electron chi connectivity index (χ2n) is 5.70. The molecular formula is C14H29NO3. The van der Waals surface area contributed by atoms with Crippen molar-refractivity contribution in [1.82, 2.24) is 0 Å². The van der Waals surface area contributed by atoms with Gasteiger partial charge in [-0.2, -0.15) is 0 Å². The Morgan fingerprint density at radius 2 is 1.94 bits per heavy atom. The van der Waals surface area contributed by atoms with Gasteiger partial charge in [-0.3, -0.25) is 0 Å². The van der Waals surface area contributed by atoms with Crippen molar-refractivity contribution in [2.45, 2.75) is 76.7 Å². The summed E-state index contributed by atoms with van der Waals surface area (Å²) in [4.78, 5) is 0. The van der Waals surface area contributed by atoms with Gasteiger partial charge in [0.1, 0.15) is 0 Å². The Bertz CT molecular complexity index is 221. The van der Waals surface area contributed by atoms with Crippen molar-refractivity contribution in [3.05, 3.63) is 0 Å².